The lowest BCUT2D eigenvalue weighted by Gasteiger charge is -2.20. The zero-order valence-corrected chi connectivity index (χ0v) is 27.2. The molecule has 0 bridgehead atoms. The molecule has 2 unspecified atom stereocenters. The van der Waals surface area contributed by atoms with Crippen molar-refractivity contribution in [1.29, 1.82) is 0 Å². The van der Waals surface area contributed by atoms with E-state index in [4.69, 9.17) is 24.3 Å². The van der Waals surface area contributed by atoms with Gasteiger partial charge >= 0.3 is 13.8 Å². The van der Waals surface area contributed by atoms with Gasteiger partial charge in [0.15, 0.2) is 0 Å². The molecule has 0 rings (SSSR count). The predicted molar refractivity (Wildman–Crippen MR) is 169 cm³/mol. The molecule has 242 valence electrons. The number of esters is 1. The van der Waals surface area contributed by atoms with Gasteiger partial charge in [0.2, 0.25) is 0 Å². The lowest BCUT2D eigenvalue weighted by atomic mass is 10.1. The van der Waals surface area contributed by atoms with Crippen molar-refractivity contribution in [3.8, 4) is 0 Å². The van der Waals surface area contributed by atoms with E-state index < -0.39 is 13.9 Å². The van der Waals surface area contributed by atoms with Gasteiger partial charge in [0, 0.05) is 19.6 Å². The first kappa shape index (κ1) is 40.0. The molecule has 9 heteroatoms. The molecule has 0 fully saturated rings. The summed E-state index contributed by atoms with van der Waals surface area (Å²) in [6.45, 7) is 4.78. The number of ether oxygens (including phenoxy) is 2. The maximum Gasteiger partial charge on any atom is 0.472 e. The van der Waals surface area contributed by atoms with E-state index in [1.54, 1.807) is 0 Å². The average molecular weight is 604 g/mol. The Labute approximate surface area is 251 Å². The number of allylic oxidation sites excluding steroid dienone is 4. The normalized spacial score (nSPS) is 14.1. The molecule has 0 aliphatic rings. The molecule has 0 heterocycles. The summed E-state index contributed by atoms with van der Waals surface area (Å²) in [5.74, 6) is -0.347. The number of unbranched alkanes of at least 4 members (excludes halogenated alkanes) is 14. The molecule has 0 spiro atoms. The molecule has 0 aliphatic carbocycles. The largest absolute Gasteiger partial charge is 0.472 e. The second-order valence-corrected chi connectivity index (χ2v) is 12.1. The van der Waals surface area contributed by atoms with Crippen LogP contribution in [-0.4, -0.2) is 49.9 Å². The van der Waals surface area contributed by atoms with Crippen molar-refractivity contribution < 1.29 is 32.8 Å². The molecule has 0 aliphatic heterocycles. The minimum atomic E-state index is -4.26. The maximum atomic E-state index is 12.4. The van der Waals surface area contributed by atoms with E-state index in [0.29, 0.717) is 13.0 Å². The molecule has 0 saturated carbocycles. The predicted octanol–water partition coefficient (Wildman–Crippen LogP) is 8.57. The standard InChI is InChI=1S/C32H62NO7P/c1-3-5-7-9-11-13-15-16-18-20-22-24-27-37-29-31(30-39-41(35,36)38-28-26-33)40-32(34)25-23-21-19-17-14-12-10-8-6-4-2/h8-11,31H,3-7,12-30,33H2,1-2H3,(H,35,36)/b10-8-,11-9-. The van der Waals surface area contributed by atoms with Crippen LogP contribution in [0.25, 0.3) is 0 Å². The quantitative estimate of drug-likeness (QED) is 0.0350. The minimum Gasteiger partial charge on any atom is -0.457 e. The highest BCUT2D eigenvalue weighted by atomic mass is 31.2. The second-order valence-electron chi connectivity index (χ2n) is 10.7. The summed E-state index contributed by atoms with van der Waals surface area (Å²) in [6.07, 6.45) is 29.0. The molecule has 0 aromatic rings. The molecule has 0 aromatic heterocycles. The third-order valence-electron chi connectivity index (χ3n) is 6.57. The third-order valence-corrected chi connectivity index (χ3v) is 7.56. The fourth-order valence-corrected chi connectivity index (χ4v) is 4.92. The van der Waals surface area contributed by atoms with E-state index in [0.717, 1.165) is 51.4 Å². The van der Waals surface area contributed by atoms with Gasteiger partial charge in [-0.1, -0.05) is 102 Å². The van der Waals surface area contributed by atoms with E-state index in [-0.39, 0.29) is 32.3 Å². The van der Waals surface area contributed by atoms with Gasteiger partial charge in [-0.25, -0.2) is 4.57 Å². The summed E-state index contributed by atoms with van der Waals surface area (Å²) in [5.41, 5.74) is 5.33. The fourth-order valence-electron chi connectivity index (χ4n) is 4.15. The molecular weight excluding hydrogens is 541 g/mol. The second kappa shape index (κ2) is 30.4. The Hall–Kier alpha value is -1.02. The Morgan fingerprint density at radius 2 is 1.27 bits per heavy atom. The zero-order valence-electron chi connectivity index (χ0n) is 26.3. The van der Waals surface area contributed by atoms with Crippen LogP contribution in [0.5, 0.6) is 0 Å². The van der Waals surface area contributed by atoms with E-state index in [1.807, 2.05) is 0 Å². The Kier molecular flexibility index (Phi) is 29.7. The van der Waals surface area contributed by atoms with E-state index >= 15 is 0 Å². The fraction of sp³-hybridized carbons (Fsp3) is 0.844. The molecule has 2 atom stereocenters. The van der Waals surface area contributed by atoms with Crippen molar-refractivity contribution in [3.63, 3.8) is 0 Å². The van der Waals surface area contributed by atoms with Gasteiger partial charge in [0.1, 0.15) is 6.10 Å². The topological polar surface area (TPSA) is 117 Å². The van der Waals surface area contributed by atoms with Crippen LogP contribution in [0.1, 0.15) is 136 Å². The van der Waals surface area contributed by atoms with E-state index in [2.05, 4.69) is 38.2 Å². The van der Waals surface area contributed by atoms with Gasteiger partial charge in [0.05, 0.1) is 19.8 Å². The summed E-state index contributed by atoms with van der Waals surface area (Å²) in [6, 6.07) is 0. The van der Waals surface area contributed by atoms with Crippen molar-refractivity contribution in [2.24, 2.45) is 5.73 Å². The molecule has 0 amide bonds. The van der Waals surface area contributed by atoms with Crippen LogP contribution < -0.4 is 5.73 Å². The SMILES string of the molecule is CCC/C=C\CCCCCCCC(=O)OC(COCCCCCCCC/C=C\CCCC)COP(=O)(O)OCCN. The van der Waals surface area contributed by atoms with Gasteiger partial charge in [-0.15, -0.1) is 0 Å². The molecule has 0 aromatic carbocycles. The minimum absolute atomic E-state index is 0.0978. The summed E-state index contributed by atoms with van der Waals surface area (Å²) in [5, 5.41) is 0. The van der Waals surface area contributed by atoms with Crippen LogP contribution in [0.15, 0.2) is 24.3 Å². The van der Waals surface area contributed by atoms with Crippen molar-refractivity contribution >= 4 is 13.8 Å². The molecule has 3 N–H and O–H groups in total. The van der Waals surface area contributed by atoms with Gasteiger partial charge in [-0.2, -0.15) is 0 Å². The lowest BCUT2D eigenvalue weighted by Crippen LogP contribution is -2.28. The van der Waals surface area contributed by atoms with E-state index in [9.17, 15) is 14.3 Å². The van der Waals surface area contributed by atoms with Crippen molar-refractivity contribution in [1.82, 2.24) is 0 Å². The van der Waals surface area contributed by atoms with Crippen molar-refractivity contribution in [3.05, 3.63) is 24.3 Å². The molecule has 0 radical (unpaired) electrons. The number of rotatable bonds is 31. The number of phosphoric ester groups is 1. The maximum absolute atomic E-state index is 12.4. The van der Waals surface area contributed by atoms with Crippen LogP contribution in [0, 0.1) is 0 Å². The number of nitrogens with two attached hydrogens (primary N) is 1. The smallest absolute Gasteiger partial charge is 0.457 e. The Morgan fingerprint density at radius 3 is 1.88 bits per heavy atom. The first-order valence-electron chi connectivity index (χ1n) is 16.3. The van der Waals surface area contributed by atoms with Crippen LogP contribution in [0.3, 0.4) is 0 Å². The summed E-state index contributed by atoms with van der Waals surface area (Å²) < 4.78 is 33.1. The van der Waals surface area contributed by atoms with Crippen LogP contribution in [0.4, 0.5) is 0 Å². The van der Waals surface area contributed by atoms with E-state index in [1.165, 1.54) is 64.2 Å². The highest BCUT2D eigenvalue weighted by Gasteiger charge is 2.25. The number of carbonyl (C=O) groups is 1. The summed E-state index contributed by atoms with van der Waals surface area (Å²) in [7, 11) is -4.26. The third kappa shape index (κ3) is 30.2. The number of carbonyl (C=O) groups excluding carboxylic acids is 1. The van der Waals surface area contributed by atoms with Crippen molar-refractivity contribution in [2.45, 2.75) is 142 Å². The van der Waals surface area contributed by atoms with Crippen LogP contribution in [0.2, 0.25) is 0 Å². The molecule has 0 saturated heterocycles. The van der Waals surface area contributed by atoms with Crippen LogP contribution in [-0.2, 0) is 27.9 Å². The van der Waals surface area contributed by atoms with Gasteiger partial charge in [-0.05, 0) is 51.4 Å². The number of hydrogen-bond donors (Lipinski definition) is 2. The monoisotopic (exact) mass is 603 g/mol. The average Bonchev–Trinajstić information content (AvgIpc) is 2.96. The summed E-state index contributed by atoms with van der Waals surface area (Å²) >= 11 is 0. The molecular formula is C32H62NO7P. The van der Waals surface area contributed by atoms with Gasteiger partial charge in [-0.3, -0.25) is 13.8 Å². The van der Waals surface area contributed by atoms with Gasteiger partial charge in [0.25, 0.3) is 0 Å². The van der Waals surface area contributed by atoms with Crippen molar-refractivity contribution in [2.75, 3.05) is 33.0 Å². The first-order chi connectivity index (χ1) is 19.9. The van der Waals surface area contributed by atoms with Gasteiger partial charge < -0.3 is 20.1 Å². The zero-order chi connectivity index (χ0) is 30.3. The number of hydrogen-bond acceptors (Lipinski definition) is 7. The molecule has 8 nitrogen and oxygen atoms in total. The Bertz CT molecular complexity index is 687. The highest BCUT2D eigenvalue weighted by molar-refractivity contribution is 7.47. The highest BCUT2D eigenvalue weighted by Crippen LogP contribution is 2.43. The molecule has 41 heavy (non-hydrogen) atoms. The van der Waals surface area contributed by atoms with Crippen LogP contribution >= 0.6 is 7.82 Å². The summed E-state index contributed by atoms with van der Waals surface area (Å²) in [4.78, 5) is 22.2. The first-order valence-corrected chi connectivity index (χ1v) is 17.8. The Morgan fingerprint density at radius 1 is 0.707 bits per heavy atom. The number of phosphoric acid groups is 1. The Balaban J connectivity index is 4.17. The lowest BCUT2D eigenvalue weighted by molar-refractivity contribution is -0.154.